The van der Waals surface area contributed by atoms with E-state index in [1.807, 2.05) is 6.08 Å². The van der Waals surface area contributed by atoms with Gasteiger partial charge in [0.2, 0.25) is 0 Å². The molecule has 0 aliphatic carbocycles. The minimum atomic E-state index is 0.439. The molecule has 2 nitrogen and oxygen atoms in total. The van der Waals surface area contributed by atoms with Gasteiger partial charge in [0.25, 0.3) is 0 Å². The van der Waals surface area contributed by atoms with Crippen LogP contribution in [-0.4, -0.2) is 34.4 Å². The second kappa shape index (κ2) is 11.2. The fourth-order valence-electron chi connectivity index (χ4n) is 0.728. The van der Waals surface area contributed by atoms with Crippen molar-refractivity contribution in [2.24, 2.45) is 0 Å². The summed E-state index contributed by atoms with van der Waals surface area (Å²) >= 11 is 0.639. The monoisotopic (exact) mass is 238 g/mol. The number of hydrogen-bond donors (Lipinski definition) is 0. The summed E-state index contributed by atoms with van der Waals surface area (Å²) in [5.74, 6) is 0. The molecule has 0 fully saturated rings. The Morgan fingerprint density at radius 1 is 1.42 bits per heavy atom. The van der Waals surface area contributed by atoms with Crippen LogP contribution in [-0.2, 0) is 9.47 Å². The van der Waals surface area contributed by atoms with E-state index in [4.69, 9.17) is 9.47 Å². The van der Waals surface area contributed by atoms with Crippen LogP contribution in [0.2, 0.25) is 5.32 Å². The molecule has 0 unspecified atom stereocenters. The molecule has 72 valence electrons. The molecule has 0 aromatic carbocycles. The summed E-state index contributed by atoms with van der Waals surface area (Å²) in [5.41, 5.74) is 0.884. The quantitative estimate of drug-likeness (QED) is 0.264. The molecule has 0 aliphatic heterocycles. The maximum absolute atomic E-state index is 5.17. The van der Waals surface area contributed by atoms with Gasteiger partial charge in [-0.3, -0.25) is 0 Å². The third kappa shape index (κ3) is 10.2. The van der Waals surface area contributed by atoms with E-state index in [1.165, 1.54) is 18.2 Å². The van der Waals surface area contributed by atoms with Crippen molar-refractivity contribution in [1.82, 2.24) is 0 Å². The predicted molar refractivity (Wildman–Crippen MR) is 52.4 cm³/mol. The fourth-order valence-corrected chi connectivity index (χ4v) is 2.22. The Morgan fingerprint density at radius 3 is 2.92 bits per heavy atom. The van der Waals surface area contributed by atoms with E-state index in [0.29, 0.717) is 21.7 Å². The molecule has 0 aliphatic rings. The summed E-state index contributed by atoms with van der Waals surface area (Å²) in [7, 11) is 1.65. The van der Waals surface area contributed by atoms with E-state index in [9.17, 15) is 0 Å². The van der Waals surface area contributed by atoms with Gasteiger partial charge in [0.1, 0.15) is 0 Å². The molecule has 0 amide bonds. The van der Waals surface area contributed by atoms with Crippen molar-refractivity contribution in [2.45, 2.75) is 24.6 Å². The number of allylic oxidation sites excluding steroid dienone is 1. The van der Waals surface area contributed by atoms with Gasteiger partial charge in [0.05, 0.1) is 0 Å². The first-order valence-electron chi connectivity index (χ1n) is 4.17. The Hall–Kier alpha value is 0.179. The van der Waals surface area contributed by atoms with Crippen molar-refractivity contribution in [3.05, 3.63) is 12.7 Å². The van der Waals surface area contributed by atoms with E-state index in [-0.39, 0.29) is 0 Å². The van der Waals surface area contributed by atoms with Gasteiger partial charge in [0.15, 0.2) is 0 Å². The standard InChI is InChI=1S/C9H18O2Se/c1-3-4-5-6-7-12-9-11-8-10-2/h3H,1,4-9H2,2H3. The fraction of sp³-hybridized carbons (Fsp3) is 0.778. The molecule has 0 heterocycles. The summed E-state index contributed by atoms with van der Waals surface area (Å²) < 4.78 is 9.94. The van der Waals surface area contributed by atoms with Crippen molar-refractivity contribution in [3.8, 4) is 0 Å². The normalized spacial score (nSPS) is 10.1. The van der Waals surface area contributed by atoms with E-state index in [0.717, 1.165) is 11.9 Å². The topological polar surface area (TPSA) is 18.5 Å². The SMILES string of the molecule is C=CCCCC[Se]COCOC. The Morgan fingerprint density at radius 2 is 2.25 bits per heavy atom. The van der Waals surface area contributed by atoms with Gasteiger partial charge >= 0.3 is 81.1 Å². The van der Waals surface area contributed by atoms with Crippen molar-refractivity contribution >= 4 is 15.0 Å². The van der Waals surface area contributed by atoms with Crippen molar-refractivity contribution < 1.29 is 9.47 Å². The van der Waals surface area contributed by atoms with Gasteiger partial charge in [-0.05, 0) is 0 Å². The van der Waals surface area contributed by atoms with Gasteiger partial charge in [-0.1, -0.05) is 0 Å². The van der Waals surface area contributed by atoms with E-state index < -0.39 is 0 Å². The molecule has 0 N–H and O–H groups in total. The van der Waals surface area contributed by atoms with Crippen LogP contribution in [0.25, 0.3) is 0 Å². The molecule has 0 radical (unpaired) electrons. The predicted octanol–water partition coefficient (Wildman–Crippen LogP) is 2.04. The average molecular weight is 237 g/mol. The van der Waals surface area contributed by atoms with Gasteiger partial charge in [-0.2, -0.15) is 0 Å². The third-order valence-corrected chi connectivity index (χ3v) is 3.23. The summed E-state index contributed by atoms with van der Waals surface area (Å²) in [5, 5.41) is 1.31. The molecule has 0 aromatic rings. The zero-order valence-corrected chi connectivity index (χ0v) is 9.46. The van der Waals surface area contributed by atoms with E-state index in [2.05, 4.69) is 6.58 Å². The van der Waals surface area contributed by atoms with Crippen LogP contribution < -0.4 is 0 Å². The van der Waals surface area contributed by atoms with Crippen molar-refractivity contribution in [3.63, 3.8) is 0 Å². The van der Waals surface area contributed by atoms with Crippen LogP contribution in [0.3, 0.4) is 0 Å². The Labute approximate surface area is 81.5 Å². The minimum absolute atomic E-state index is 0.439. The van der Waals surface area contributed by atoms with Gasteiger partial charge in [-0.15, -0.1) is 0 Å². The number of rotatable bonds is 9. The van der Waals surface area contributed by atoms with Gasteiger partial charge in [0, 0.05) is 0 Å². The Balaban J connectivity index is 2.77. The first-order chi connectivity index (χ1) is 5.91. The maximum atomic E-state index is 5.17. The number of methoxy groups -OCH3 is 1. The molecule has 0 rings (SSSR count). The molecular formula is C9H18O2Se. The van der Waals surface area contributed by atoms with Gasteiger partial charge < -0.3 is 0 Å². The van der Waals surface area contributed by atoms with Crippen molar-refractivity contribution in [2.75, 3.05) is 19.4 Å². The average Bonchev–Trinajstić information content (AvgIpc) is 2.10. The summed E-state index contributed by atoms with van der Waals surface area (Å²) in [6.07, 6.45) is 5.71. The molecule has 12 heavy (non-hydrogen) atoms. The van der Waals surface area contributed by atoms with Crippen molar-refractivity contribution in [1.29, 1.82) is 0 Å². The van der Waals surface area contributed by atoms with Crippen LogP contribution in [0.1, 0.15) is 19.3 Å². The zero-order valence-electron chi connectivity index (χ0n) is 7.75. The molecule has 0 bridgehead atoms. The molecular weight excluding hydrogens is 219 g/mol. The molecule has 0 spiro atoms. The molecule has 0 saturated carbocycles. The Bertz CT molecular complexity index is 96.5. The Kier molecular flexibility index (Phi) is 11.3. The van der Waals surface area contributed by atoms with Crippen LogP contribution in [0.5, 0.6) is 0 Å². The second-order valence-corrected chi connectivity index (χ2v) is 4.63. The van der Waals surface area contributed by atoms with Gasteiger partial charge in [-0.25, -0.2) is 0 Å². The first kappa shape index (κ1) is 12.2. The molecule has 0 saturated heterocycles. The van der Waals surface area contributed by atoms with Crippen LogP contribution in [0.15, 0.2) is 12.7 Å². The third-order valence-electron chi connectivity index (χ3n) is 1.31. The summed E-state index contributed by atoms with van der Waals surface area (Å²) in [6.45, 7) is 4.12. The molecule has 0 atom stereocenters. The zero-order chi connectivity index (χ0) is 9.07. The van der Waals surface area contributed by atoms with E-state index >= 15 is 0 Å². The van der Waals surface area contributed by atoms with Crippen LogP contribution in [0, 0.1) is 0 Å². The molecule has 0 aromatic heterocycles. The summed E-state index contributed by atoms with van der Waals surface area (Å²) in [4.78, 5) is 0. The first-order valence-corrected chi connectivity index (χ1v) is 6.59. The number of unbranched alkanes of at least 4 members (excludes halogenated alkanes) is 2. The van der Waals surface area contributed by atoms with E-state index in [1.54, 1.807) is 7.11 Å². The molecule has 3 heteroatoms. The second-order valence-electron chi connectivity index (χ2n) is 2.42. The number of hydrogen-bond acceptors (Lipinski definition) is 2. The van der Waals surface area contributed by atoms with Crippen LogP contribution in [0.4, 0.5) is 0 Å². The van der Waals surface area contributed by atoms with Crippen LogP contribution >= 0.6 is 0 Å². The summed E-state index contributed by atoms with van der Waals surface area (Å²) in [6, 6.07) is 0. The number of ether oxygens (including phenoxy) is 2.